The van der Waals surface area contributed by atoms with Crippen LogP contribution in [0.2, 0.25) is 0 Å². The summed E-state index contributed by atoms with van der Waals surface area (Å²) >= 11 is 0. The zero-order valence-electron chi connectivity index (χ0n) is 13.5. The van der Waals surface area contributed by atoms with Gasteiger partial charge < -0.3 is 15.0 Å². The van der Waals surface area contributed by atoms with Crippen molar-refractivity contribution in [2.24, 2.45) is 5.92 Å². The zero-order valence-corrected chi connectivity index (χ0v) is 13.5. The summed E-state index contributed by atoms with van der Waals surface area (Å²) in [5, 5.41) is 3.15. The Hall–Kier alpha value is -1.55. The van der Waals surface area contributed by atoms with E-state index in [1.165, 1.54) is 31.4 Å². The van der Waals surface area contributed by atoms with Gasteiger partial charge in [-0.2, -0.15) is 0 Å². The Bertz CT molecular complexity index is 510. The van der Waals surface area contributed by atoms with Crippen molar-refractivity contribution in [2.75, 3.05) is 26.7 Å². The number of hydrogen-bond acceptors (Lipinski definition) is 3. The summed E-state index contributed by atoms with van der Waals surface area (Å²) < 4.78 is 5.24. The van der Waals surface area contributed by atoms with Gasteiger partial charge in [0, 0.05) is 38.5 Å². The summed E-state index contributed by atoms with van der Waals surface area (Å²) in [4.78, 5) is 14.1. The van der Waals surface area contributed by atoms with Crippen LogP contribution in [0, 0.1) is 5.92 Å². The minimum Gasteiger partial charge on any atom is -0.497 e. The molecule has 0 unspecified atom stereocenters. The Morgan fingerprint density at radius 2 is 2.00 bits per heavy atom. The minimum absolute atomic E-state index is 0.0639. The normalized spacial score (nSPS) is 25.7. The number of likely N-dealkylation sites (tertiary alicyclic amines) is 1. The first-order chi connectivity index (χ1) is 10.7. The third-order valence-corrected chi connectivity index (χ3v) is 5.07. The highest BCUT2D eigenvalue weighted by Gasteiger charge is 2.35. The molecule has 4 nitrogen and oxygen atoms in total. The Labute approximate surface area is 132 Å². The largest absolute Gasteiger partial charge is 0.497 e. The van der Waals surface area contributed by atoms with Crippen molar-refractivity contribution in [3.8, 4) is 5.75 Å². The Morgan fingerprint density at radius 1 is 1.27 bits per heavy atom. The summed E-state index contributed by atoms with van der Waals surface area (Å²) in [5.74, 6) is 2.18. The highest BCUT2D eigenvalue weighted by molar-refractivity contribution is 5.73. The van der Waals surface area contributed by atoms with E-state index in [4.69, 9.17) is 4.74 Å². The van der Waals surface area contributed by atoms with Gasteiger partial charge in [0.2, 0.25) is 5.91 Å². The van der Waals surface area contributed by atoms with Crippen molar-refractivity contribution in [3.05, 3.63) is 29.8 Å². The molecule has 2 fully saturated rings. The molecule has 120 valence electrons. The molecule has 1 aromatic carbocycles. The lowest BCUT2D eigenvalue weighted by Gasteiger charge is -2.30. The molecule has 1 aliphatic heterocycles. The first kappa shape index (κ1) is 15.3. The lowest BCUT2D eigenvalue weighted by molar-refractivity contribution is -0.119. The van der Waals surface area contributed by atoms with Gasteiger partial charge in [-0.1, -0.05) is 18.6 Å². The first-order valence-corrected chi connectivity index (χ1v) is 8.29. The van der Waals surface area contributed by atoms with E-state index in [0.29, 0.717) is 5.92 Å². The fourth-order valence-corrected chi connectivity index (χ4v) is 3.67. The summed E-state index contributed by atoms with van der Waals surface area (Å²) in [6, 6.07) is 8.49. The van der Waals surface area contributed by atoms with Crippen molar-refractivity contribution in [1.82, 2.24) is 10.2 Å². The van der Waals surface area contributed by atoms with Crippen LogP contribution in [0.1, 0.15) is 37.7 Å². The zero-order chi connectivity index (χ0) is 15.5. The molecule has 3 rings (SSSR count). The summed E-state index contributed by atoms with van der Waals surface area (Å²) in [5.41, 5.74) is 1.29. The number of carbonyl (C=O) groups excluding carboxylic acids is 1. The number of hydrogen-bond donors (Lipinski definition) is 1. The van der Waals surface area contributed by atoms with Gasteiger partial charge in [-0.05, 0) is 36.5 Å². The van der Waals surface area contributed by atoms with Gasteiger partial charge in [-0.15, -0.1) is 0 Å². The number of benzene rings is 1. The maximum absolute atomic E-state index is 11.5. The fraction of sp³-hybridized carbons (Fsp3) is 0.611. The lowest BCUT2D eigenvalue weighted by atomic mass is 9.85. The summed E-state index contributed by atoms with van der Waals surface area (Å²) in [7, 11) is 1.69. The molecule has 1 aliphatic carbocycles. The molecule has 1 saturated heterocycles. The van der Waals surface area contributed by atoms with Crippen LogP contribution >= 0.6 is 0 Å². The van der Waals surface area contributed by atoms with Crippen molar-refractivity contribution in [2.45, 2.75) is 38.1 Å². The monoisotopic (exact) mass is 302 g/mol. The van der Waals surface area contributed by atoms with E-state index in [1.807, 2.05) is 12.1 Å². The smallest absolute Gasteiger partial charge is 0.217 e. The average Bonchev–Trinajstić information content (AvgIpc) is 2.85. The third-order valence-electron chi connectivity index (χ3n) is 5.07. The molecule has 0 radical (unpaired) electrons. The van der Waals surface area contributed by atoms with Crippen LogP contribution in [0.3, 0.4) is 0 Å². The van der Waals surface area contributed by atoms with Gasteiger partial charge in [0.15, 0.2) is 0 Å². The Morgan fingerprint density at radius 3 is 2.55 bits per heavy atom. The number of ether oxygens (including phenoxy) is 1. The first-order valence-electron chi connectivity index (χ1n) is 8.29. The summed E-state index contributed by atoms with van der Waals surface area (Å²) in [6.07, 6.45) is 4.12. The van der Waals surface area contributed by atoms with Crippen LogP contribution in [-0.4, -0.2) is 43.6 Å². The molecule has 1 saturated carbocycles. The maximum Gasteiger partial charge on any atom is 0.217 e. The number of methoxy groups -OCH3 is 1. The topological polar surface area (TPSA) is 41.6 Å². The minimum atomic E-state index is 0.0639. The molecule has 0 spiro atoms. The fourth-order valence-electron chi connectivity index (χ4n) is 3.67. The summed E-state index contributed by atoms with van der Waals surface area (Å²) in [6.45, 7) is 4.79. The van der Waals surface area contributed by atoms with Crippen LogP contribution in [0.25, 0.3) is 0 Å². The van der Waals surface area contributed by atoms with Gasteiger partial charge in [-0.3, -0.25) is 4.79 Å². The average molecular weight is 302 g/mol. The van der Waals surface area contributed by atoms with Gasteiger partial charge >= 0.3 is 0 Å². The van der Waals surface area contributed by atoms with Gasteiger partial charge in [0.1, 0.15) is 5.75 Å². The highest BCUT2D eigenvalue weighted by Crippen LogP contribution is 2.33. The van der Waals surface area contributed by atoms with Crippen LogP contribution in [0.15, 0.2) is 24.3 Å². The van der Waals surface area contributed by atoms with Gasteiger partial charge in [0.05, 0.1) is 7.11 Å². The molecule has 1 N–H and O–H groups in total. The molecular weight excluding hydrogens is 276 g/mol. The standard InChI is InChI=1S/C18H26N2O2/c1-13(21)19-18-12-20(10-14-4-3-5-14)11-17(18)15-6-8-16(22-2)9-7-15/h6-9,14,17-18H,3-5,10-12H2,1-2H3,(H,19,21)/t17-,18+/m0/s1. The molecule has 2 atom stereocenters. The predicted molar refractivity (Wildman–Crippen MR) is 87.1 cm³/mol. The SMILES string of the molecule is COc1ccc([C@@H]2CN(CC3CCC3)C[C@H]2NC(C)=O)cc1. The molecule has 1 amide bonds. The molecule has 1 heterocycles. The quantitative estimate of drug-likeness (QED) is 0.908. The molecule has 1 aromatic rings. The lowest BCUT2D eigenvalue weighted by Crippen LogP contribution is -2.39. The van der Waals surface area contributed by atoms with Crippen LogP contribution in [0.4, 0.5) is 0 Å². The van der Waals surface area contributed by atoms with E-state index in [1.54, 1.807) is 14.0 Å². The Kier molecular flexibility index (Phi) is 4.67. The molecule has 4 heteroatoms. The van der Waals surface area contributed by atoms with Crippen LogP contribution < -0.4 is 10.1 Å². The van der Waals surface area contributed by atoms with E-state index in [9.17, 15) is 4.79 Å². The van der Waals surface area contributed by atoms with E-state index in [-0.39, 0.29) is 11.9 Å². The molecule has 2 aliphatic rings. The highest BCUT2D eigenvalue weighted by atomic mass is 16.5. The van der Waals surface area contributed by atoms with E-state index in [0.717, 1.165) is 24.8 Å². The number of amides is 1. The number of carbonyl (C=O) groups is 1. The third kappa shape index (κ3) is 3.43. The van der Waals surface area contributed by atoms with Crippen molar-refractivity contribution >= 4 is 5.91 Å². The number of nitrogens with one attached hydrogen (secondary N) is 1. The number of nitrogens with zero attached hydrogens (tertiary/aromatic N) is 1. The van der Waals surface area contributed by atoms with Crippen molar-refractivity contribution in [3.63, 3.8) is 0 Å². The Balaban J connectivity index is 1.70. The predicted octanol–water partition coefficient (Wildman–Crippen LogP) is 2.40. The van der Waals surface area contributed by atoms with Crippen molar-refractivity contribution in [1.29, 1.82) is 0 Å². The molecule has 0 aromatic heterocycles. The van der Waals surface area contributed by atoms with E-state index in [2.05, 4.69) is 22.3 Å². The van der Waals surface area contributed by atoms with Gasteiger partial charge in [-0.25, -0.2) is 0 Å². The second-order valence-electron chi connectivity index (χ2n) is 6.70. The molecule has 22 heavy (non-hydrogen) atoms. The van der Waals surface area contributed by atoms with Gasteiger partial charge in [0.25, 0.3) is 0 Å². The molecule has 0 bridgehead atoms. The van der Waals surface area contributed by atoms with E-state index < -0.39 is 0 Å². The van der Waals surface area contributed by atoms with Crippen LogP contribution in [0.5, 0.6) is 5.75 Å². The second-order valence-corrected chi connectivity index (χ2v) is 6.70. The van der Waals surface area contributed by atoms with Crippen molar-refractivity contribution < 1.29 is 9.53 Å². The second kappa shape index (κ2) is 6.69. The number of rotatable bonds is 5. The van der Waals surface area contributed by atoms with E-state index >= 15 is 0 Å². The molecular formula is C18H26N2O2. The maximum atomic E-state index is 11.5. The van der Waals surface area contributed by atoms with Crippen LogP contribution in [-0.2, 0) is 4.79 Å².